The molecule has 0 saturated carbocycles. The van der Waals surface area contributed by atoms with Crippen LogP contribution < -0.4 is 4.90 Å². The number of amides is 1. The highest BCUT2D eigenvalue weighted by Gasteiger charge is 2.42. The van der Waals surface area contributed by atoms with E-state index in [2.05, 4.69) is 0 Å². The van der Waals surface area contributed by atoms with Crippen LogP contribution in [-0.4, -0.2) is 62.6 Å². The van der Waals surface area contributed by atoms with Gasteiger partial charge >= 0.3 is 11.9 Å². The molecule has 35 heavy (non-hydrogen) atoms. The second-order valence-electron chi connectivity index (χ2n) is 8.92. The van der Waals surface area contributed by atoms with E-state index < -0.39 is 23.3 Å². The van der Waals surface area contributed by atoms with E-state index >= 15 is 0 Å². The molecule has 0 saturated heterocycles. The number of nitrogens with zero attached hydrogens (tertiary/aromatic N) is 2. The molecule has 0 N–H and O–H groups in total. The highest BCUT2D eigenvalue weighted by molar-refractivity contribution is 8.00. The van der Waals surface area contributed by atoms with Crippen LogP contribution in [0.4, 0.5) is 5.69 Å². The number of hydrogen-bond donors (Lipinski definition) is 0. The maximum absolute atomic E-state index is 13.9. The number of likely N-dealkylation sites (N-methyl/N-ethyl adjacent to an activating group) is 1. The first-order chi connectivity index (χ1) is 16.7. The highest BCUT2D eigenvalue weighted by atomic mass is 32.2. The fraction of sp³-hybridized carbons (Fsp3) is 0.444. The van der Waals surface area contributed by atoms with Gasteiger partial charge in [0.05, 0.1) is 23.1 Å². The zero-order valence-corrected chi connectivity index (χ0v) is 21.9. The first kappa shape index (κ1) is 26.8. The van der Waals surface area contributed by atoms with E-state index in [0.29, 0.717) is 35.8 Å². The van der Waals surface area contributed by atoms with Gasteiger partial charge in [0.2, 0.25) is 0 Å². The molecule has 0 unspecified atom stereocenters. The SMILES string of the molecule is CCCCOC(=O)c1cccc2c1S[C@@H](c1ccc(C)cc1)[C@@H](OC(C)=O)C(=O)N2CCN(C)C. The number of hydrogen-bond acceptors (Lipinski definition) is 7. The topological polar surface area (TPSA) is 76.1 Å². The maximum atomic E-state index is 13.9. The largest absolute Gasteiger partial charge is 0.462 e. The molecule has 2 aromatic carbocycles. The van der Waals surface area contributed by atoms with Gasteiger partial charge in [0.15, 0.2) is 6.10 Å². The lowest BCUT2D eigenvalue weighted by atomic mass is 10.0. The lowest BCUT2D eigenvalue weighted by Crippen LogP contribution is -2.45. The molecule has 0 fully saturated rings. The molecule has 3 rings (SSSR count). The van der Waals surface area contributed by atoms with Crippen molar-refractivity contribution < 1.29 is 23.9 Å². The number of benzene rings is 2. The normalized spacial score (nSPS) is 17.7. The van der Waals surface area contributed by atoms with Gasteiger partial charge in [0.1, 0.15) is 0 Å². The van der Waals surface area contributed by atoms with Crippen molar-refractivity contribution in [3.8, 4) is 0 Å². The summed E-state index contributed by atoms with van der Waals surface area (Å²) in [6.07, 6.45) is 0.655. The number of rotatable bonds is 9. The molecule has 8 heteroatoms. The molecule has 1 aliphatic heterocycles. The number of ether oxygens (including phenoxy) is 2. The van der Waals surface area contributed by atoms with Crippen LogP contribution in [0, 0.1) is 6.92 Å². The van der Waals surface area contributed by atoms with Crippen LogP contribution in [0.25, 0.3) is 0 Å². The van der Waals surface area contributed by atoms with E-state index in [1.807, 2.05) is 63.2 Å². The minimum Gasteiger partial charge on any atom is -0.462 e. The Balaban J connectivity index is 2.14. The van der Waals surface area contributed by atoms with Crippen LogP contribution in [0.3, 0.4) is 0 Å². The Morgan fingerprint density at radius 3 is 2.46 bits per heavy atom. The van der Waals surface area contributed by atoms with E-state index in [0.717, 1.165) is 24.0 Å². The van der Waals surface area contributed by atoms with E-state index in [9.17, 15) is 14.4 Å². The summed E-state index contributed by atoms with van der Waals surface area (Å²) in [5.41, 5.74) is 2.95. The van der Waals surface area contributed by atoms with Crippen LogP contribution in [0.2, 0.25) is 0 Å². The van der Waals surface area contributed by atoms with Crippen molar-refractivity contribution in [1.82, 2.24) is 4.90 Å². The molecule has 0 bridgehead atoms. The van der Waals surface area contributed by atoms with Crippen LogP contribution in [0.1, 0.15) is 53.4 Å². The van der Waals surface area contributed by atoms with Gasteiger partial charge in [0, 0.05) is 24.9 Å². The summed E-state index contributed by atoms with van der Waals surface area (Å²) in [5.74, 6) is -1.26. The third-order valence-corrected chi connectivity index (χ3v) is 7.17. The van der Waals surface area contributed by atoms with Gasteiger partial charge in [-0.1, -0.05) is 49.2 Å². The summed E-state index contributed by atoms with van der Waals surface area (Å²) in [7, 11) is 3.86. The maximum Gasteiger partial charge on any atom is 0.339 e. The second-order valence-corrected chi connectivity index (χ2v) is 10.1. The van der Waals surface area contributed by atoms with Gasteiger partial charge in [-0.05, 0) is 45.1 Å². The molecule has 1 heterocycles. The van der Waals surface area contributed by atoms with Gasteiger partial charge in [-0.3, -0.25) is 9.59 Å². The van der Waals surface area contributed by atoms with Gasteiger partial charge in [0.25, 0.3) is 5.91 Å². The Bertz CT molecular complexity index is 1050. The molecular formula is C27H34N2O5S. The van der Waals surface area contributed by atoms with Gasteiger partial charge < -0.3 is 19.3 Å². The number of carbonyl (C=O) groups excluding carboxylic acids is 3. The number of carbonyl (C=O) groups is 3. The molecule has 0 radical (unpaired) electrons. The Morgan fingerprint density at radius 2 is 1.83 bits per heavy atom. The van der Waals surface area contributed by atoms with Crippen molar-refractivity contribution in [1.29, 1.82) is 0 Å². The smallest absolute Gasteiger partial charge is 0.339 e. The molecule has 0 aliphatic carbocycles. The molecule has 1 amide bonds. The minimum absolute atomic E-state index is 0.310. The van der Waals surface area contributed by atoms with Gasteiger partial charge in [-0.25, -0.2) is 4.79 Å². The molecule has 7 nitrogen and oxygen atoms in total. The van der Waals surface area contributed by atoms with Crippen molar-refractivity contribution in [2.45, 2.75) is 49.9 Å². The van der Waals surface area contributed by atoms with E-state index in [4.69, 9.17) is 9.47 Å². The van der Waals surface area contributed by atoms with Crippen molar-refractivity contribution >= 4 is 35.3 Å². The molecule has 2 atom stereocenters. The quantitative estimate of drug-likeness (QED) is 0.369. The second kappa shape index (κ2) is 12.2. The van der Waals surface area contributed by atoms with E-state index in [1.54, 1.807) is 17.0 Å². The first-order valence-corrected chi connectivity index (χ1v) is 12.8. The van der Waals surface area contributed by atoms with Crippen LogP contribution in [0.5, 0.6) is 0 Å². The van der Waals surface area contributed by atoms with Crippen LogP contribution >= 0.6 is 11.8 Å². The number of esters is 2. The van der Waals surface area contributed by atoms with E-state index in [-0.39, 0.29) is 5.91 Å². The molecular weight excluding hydrogens is 464 g/mol. The summed E-state index contributed by atoms with van der Waals surface area (Å²) < 4.78 is 11.2. The Morgan fingerprint density at radius 1 is 1.11 bits per heavy atom. The molecule has 0 aromatic heterocycles. The summed E-state index contributed by atoms with van der Waals surface area (Å²) in [5, 5.41) is -0.528. The monoisotopic (exact) mass is 498 g/mol. The Kier molecular flexibility index (Phi) is 9.34. The average Bonchev–Trinajstić information content (AvgIpc) is 2.92. The molecule has 188 valence electrons. The highest BCUT2D eigenvalue weighted by Crippen LogP contribution is 2.48. The first-order valence-electron chi connectivity index (χ1n) is 11.9. The predicted octanol–water partition coefficient (Wildman–Crippen LogP) is 4.63. The summed E-state index contributed by atoms with van der Waals surface area (Å²) >= 11 is 1.37. The third-order valence-electron chi connectivity index (χ3n) is 5.73. The number of aryl methyl sites for hydroxylation is 1. The zero-order valence-electron chi connectivity index (χ0n) is 21.1. The summed E-state index contributed by atoms with van der Waals surface area (Å²) in [4.78, 5) is 43.3. The fourth-order valence-corrected chi connectivity index (χ4v) is 5.24. The van der Waals surface area contributed by atoms with Gasteiger partial charge in [-0.15, -0.1) is 11.8 Å². The average molecular weight is 499 g/mol. The van der Waals surface area contributed by atoms with Crippen molar-refractivity contribution in [3.63, 3.8) is 0 Å². The predicted molar refractivity (Wildman–Crippen MR) is 138 cm³/mol. The Labute approximate surface area is 211 Å². The standard InChI is InChI=1S/C27H34N2O5S/c1-6-7-17-33-27(32)21-9-8-10-22-25(21)35-24(20-13-11-18(2)12-14-20)23(34-19(3)30)26(31)29(22)16-15-28(4)5/h8-14,23-24H,6-7,15-17H2,1-5H3/t23-,24+/m1/s1. The summed E-state index contributed by atoms with van der Waals surface area (Å²) in [6, 6.07) is 13.1. The van der Waals surface area contributed by atoms with Crippen molar-refractivity contribution in [3.05, 3.63) is 59.2 Å². The number of thioether (sulfide) groups is 1. The zero-order chi connectivity index (χ0) is 25.5. The molecule has 0 spiro atoms. The van der Waals surface area contributed by atoms with Crippen LogP contribution in [-0.2, 0) is 19.1 Å². The minimum atomic E-state index is -1.04. The fourth-order valence-electron chi connectivity index (χ4n) is 3.82. The number of unbranched alkanes of at least 4 members (excludes halogenated alkanes) is 1. The Hall–Kier alpha value is -2.84. The lowest BCUT2D eigenvalue weighted by molar-refractivity contribution is -0.152. The lowest BCUT2D eigenvalue weighted by Gasteiger charge is -2.28. The molecule has 2 aromatic rings. The summed E-state index contributed by atoms with van der Waals surface area (Å²) in [6.45, 7) is 6.65. The third kappa shape index (κ3) is 6.64. The van der Waals surface area contributed by atoms with Gasteiger partial charge in [-0.2, -0.15) is 0 Å². The van der Waals surface area contributed by atoms with Crippen molar-refractivity contribution in [2.24, 2.45) is 0 Å². The van der Waals surface area contributed by atoms with Crippen LogP contribution in [0.15, 0.2) is 47.4 Å². The van der Waals surface area contributed by atoms with E-state index in [1.165, 1.54) is 18.7 Å². The molecule has 1 aliphatic rings. The van der Waals surface area contributed by atoms with Crippen molar-refractivity contribution in [2.75, 3.05) is 38.7 Å². The number of anilines is 1. The number of fused-ring (bicyclic) bond motifs is 1.